The maximum absolute atomic E-state index is 6.38. The average molecular weight is 1590 g/mol. The number of fused-ring (bicyclic) bond motifs is 9. The minimum atomic E-state index is 0.680. The highest BCUT2D eigenvalue weighted by Crippen LogP contribution is 2.45. The van der Waals surface area contributed by atoms with E-state index in [1.54, 1.807) is 0 Å². The smallest absolute Gasteiger partial charge is 0.160 e. The van der Waals surface area contributed by atoms with Crippen LogP contribution in [-0.2, 0) is 0 Å². The van der Waals surface area contributed by atoms with E-state index in [1.165, 1.54) is 21.9 Å². The van der Waals surface area contributed by atoms with E-state index >= 15 is 0 Å². The molecule has 0 N–H and O–H groups in total. The van der Waals surface area contributed by atoms with Crippen molar-refractivity contribution in [3.8, 4) is 168 Å². The lowest BCUT2D eigenvalue weighted by Gasteiger charge is -2.15. The van der Waals surface area contributed by atoms with Gasteiger partial charge in [-0.05, 0) is 145 Å². The fourth-order valence-corrected chi connectivity index (χ4v) is 17.7. The van der Waals surface area contributed by atoms with Crippen molar-refractivity contribution in [2.45, 2.75) is 0 Å². The first-order valence-corrected chi connectivity index (χ1v) is 42.3. The molecule has 5 aromatic heterocycles. The number of benzene rings is 18. The van der Waals surface area contributed by atoms with Crippen LogP contribution in [0.3, 0.4) is 0 Å². The predicted octanol–water partition coefficient (Wildman–Crippen LogP) is 31.3. The van der Waals surface area contributed by atoms with E-state index in [9.17, 15) is 0 Å². The van der Waals surface area contributed by atoms with Crippen LogP contribution in [0.2, 0.25) is 0 Å². The minimum absolute atomic E-state index is 0.680. The van der Waals surface area contributed by atoms with E-state index in [0.717, 1.165) is 200 Å². The normalized spacial score (nSPS) is 11.4. The van der Waals surface area contributed by atoms with E-state index in [4.69, 9.17) is 34.3 Å². The van der Waals surface area contributed by atoms with Crippen molar-refractivity contribution >= 4 is 65.3 Å². The number of hydrogen-bond acceptors (Lipinski definition) is 7. The summed E-state index contributed by atoms with van der Waals surface area (Å²) in [5.41, 5.74) is 33.2. The average Bonchev–Trinajstić information content (AvgIpc) is 1.40. The Bertz CT molecular complexity index is 7940. The molecule has 0 spiro atoms. The highest BCUT2D eigenvalue weighted by molar-refractivity contribution is 6.19. The topological polar surface area (TPSA) is 90.5 Å². The van der Waals surface area contributed by atoms with Crippen molar-refractivity contribution in [3.05, 3.63) is 461 Å². The molecule has 0 saturated heterocycles. The summed E-state index contributed by atoms with van der Waals surface area (Å²) in [5.74, 6) is 1.36. The number of hydrogen-bond donors (Lipinski definition) is 0. The van der Waals surface area contributed by atoms with E-state index in [2.05, 4.69) is 413 Å². The van der Waals surface area contributed by atoms with Crippen LogP contribution in [0.25, 0.3) is 233 Å². The van der Waals surface area contributed by atoms with Crippen LogP contribution in [0.1, 0.15) is 0 Å². The molecule has 0 radical (unpaired) electrons. The fourth-order valence-electron chi connectivity index (χ4n) is 17.7. The van der Waals surface area contributed by atoms with Crippen molar-refractivity contribution in [3.63, 3.8) is 0 Å². The van der Waals surface area contributed by atoms with Gasteiger partial charge in [0, 0.05) is 93.2 Å². The Morgan fingerprint density at radius 2 is 0.448 bits per heavy atom. The number of para-hydroxylation sites is 4. The van der Waals surface area contributed by atoms with Gasteiger partial charge in [0.1, 0.15) is 11.2 Å². The second-order valence-corrected chi connectivity index (χ2v) is 31.5. The largest absolute Gasteiger partial charge is 0.455 e. The van der Waals surface area contributed by atoms with Gasteiger partial charge in [0.15, 0.2) is 11.6 Å². The molecule has 7 heteroatoms. The van der Waals surface area contributed by atoms with Crippen LogP contribution >= 0.6 is 0 Å². The molecular formula is C118H76N6O. The van der Waals surface area contributed by atoms with Crippen molar-refractivity contribution < 1.29 is 4.42 Å². The number of nitrogens with zero attached hydrogens (tertiary/aromatic N) is 6. The summed E-state index contributed by atoms with van der Waals surface area (Å²) in [6.45, 7) is 0. The Morgan fingerprint density at radius 1 is 0.152 bits per heavy atom. The Labute approximate surface area is 724 Å². The lowest BCUT2D eigenvalue weighted by Crippen LogP contribution is -1.97. The second kappa shape index (κ2) is 32.8. The van der Waals surface area contributed by atoms with Crippen LogP contribution in [-0.4, -0.2) is 29.9 Å². The Morgan fingerprint density at radius 3 is 0.896 bits per heavy atom. The SMILES string of the molecule is c1ccc(-c2cc(-c3ccccc3)cc(-c3cc(-c4cccc(-c5cccc(-c6cccc7c(-c8ccccc8)nc8ccccc8c67)c5)c4)nc(-c4ccccc4)n3)c2)cc1.c1ccc(-c2nc(-c3ccc(-c4cccc5c4oc4ccccc45)cc3)cc(-c3cccc(-c4cccc(-c5cccc6c(-c7ccccc7)nc7ccccc7c56)c4)c3)n2)cc1. The third-order valence-corrected chi connectivity index (χ3v) is 23.7. The molecule has 0 bridgehead atoms. The standard InChI is InChI=1S/C59H37N3O.C59H39N3/c1-3-15-40(16-4-1)57-51-28-13-25-46(56(51)50-24-7-9-29-52(50)60-57)44-21-11-19-42(35-44)43-20-12-22-45(36-43)54-37-53(61-59(62-54)41-17-5-2-6-18-41)39-33-31-38(32-34-39)47-26-14-27-49-48-23-8-10-30-55(48)63-58(47)49;1-5-18-40(19-6-1)48-36-49(41-20-7-2-8-21-41)38-50(37-48)56-39-55(61-59(62-56)43-24-11-4-12-25-43)47-29-16-27-45(35-47)44-26-15-28-46(34-44)51-31-17-32-53-57(51)52-30-13-14-33-54(52)60-58(53)42-22-9-3-10-23-42/h1-37H;1-39H. The van der Waals surface area contributed by atoms with Crippen molar-refractivity contribution in [2.75, 3.05) is 0 Å². The van der Waals surface area contributed by atoms with Crippen LogP contribution in [0.15, 0.2) is 465 Å². The molecule has 0 aliphatic rings. The molecule has 0 aliphatic carbocycles. The van der Waals surface area contributed by atoms with E-state index < -0.39 is 0 Å². The molecule has 23 aromatic rings. The van der Waals surface area contributed by atoms with Gasteiger partial charge < -0.3 is 4.42 Å². The van der Waals surface area contributed by atoms with Gasteiger partial charge in [-0.2, -0.15) is 0 Å². The minimum Gasteiger partial charge on any atom is -0.455 e. The monoisotopic (exact) mass is 1590 g/mol. The van der Waals surface area contributed by atoms with E-state index in [0.29, 0.717) is 11.6 Å². The lowest BCUT2D eigenvalue weighted by atomic mass is 9.91. The molecule has 0 amide bonds. The molecule has 584 valence electrons. The maximum Gasteiger partial charge on any atom is 0.160 e. The van der Waals surface area contributed by atoms with Gasteiger partial charge in [0.05, 0.1) is 45.2 Å². The van der Waals surface area contributed by atoms with E-state index in [-0.39, 0.29) is 0 Å². The zero-order chi connectivity index (χ0) is 82.9. The summed E-state index contributed by atoms with van der Waals surface area (Å²) < 4.78 is 6.38. The van der Waals surface area contributed by atoms with Crippen LogP contribution < -0.4 is 0 Å². The summed E-state index contributed by atoms with van der Waals surface area (Å²) >= 11 is 0. The zero-order valence-corrected chi connectivity index (χ0v) is 68.0. The summed E-state index contributed by atoms with van der Waals surface area (Å²) in [4.78, 5) is 31.2. The van der Waals surface area contributed by atoms with Gasteiger partial charge >= 0.3 is 0 Å². The Hall–Kier alpha value is -16.7. The number of pyridine rings is 2. The molecule has 23 rings (SSSR count). The lowest BCUT2D eigenvalue weighted by molar-refractivity contribution is 0.670. The first-order chi connectivity index (χ1) is 61.9. The molecule has 18 aromatic carbocycles. The molecule has 5 heterocycles. The Kier molecular flexibility index (Phi) is 19.5. The molecule has 0 atom stereocenters. The third-order valence-electron chi connectivity index (χ3n) is 23.7. The van der Waals surface area contributed by atoms with Gasteiger partial charge in [0.25, 0.3) is 0 Å². The summed E-state index contributed by atoms with van der Waals surface area (Å²) in [6.07, 6.45) is 0. The van der Waals surface area contributed by atoms with Gasteiger partial charge in [-0.1, -0.05) is 388 Å². The molecule has 7 nitrogen and oxygen atoms in total. The van der Waals surface area contributed by atoms with Crippen LogP contribution in [0.5, 0.6) is 0 Å². The van der Waals surface area contributed by atoms with Crippen molar-refractivity contribution in [1.82, 2.24) is 29.9 Å². The molecule has 0 aliphatic heterocycles. The maximum atomic E-state index is 6.38. The Balaban J connectivity index is 0.000000148. The second-order valence-electron chi connectivity index (χ2n) is 31.5. The highest BCUT2D eigenvalue weighted by atomic mass is 16.3. The molecule has 0 fully saturated rings. The van der Waals surface area contributed by atoms with Gasteiger partial charge in [-0.3, -0.25) is 0 Å². The van der Waals surface area contributed by atoms with Gasteiger partial charge in [-0.15, -0.1) is 0 Å². The molecule has 0 saturated carbocycles. The van der Waals surface area contributed by atoms with Crippen LogP contribution in [0.4, 0.5) is 0 Å². The quantitative estimate of drug-likeness (QED) is 0.0945. The highest BCUT2D eigenvalue weighted by Gasteiger charge is 2.22. The molecule has 0 unspecified atom stereocenters. The summed E-state index contributed by atoms with van der Waals surface area (Å²) in [5, 5.41) is 9.21. The summed E-state index contributed by atoms with van der Waals surface area (Å²) in [7, 11) is 0. The zero-order valence-electron chi connectivity index (χ0n) is 68.0. The first-order valence-electron chi connectivity index (χ1n) is 42.3. The molecule has 125 heavy (non-hydrogen) atoms. The van der Waals surface area contributed by atoms with Crippen molar-refractivity contribution in [2.24, 2.45) is 0 Å². The number of furan rings is 1. The van der Waals surface area contributed by atoms with E-state index in [1.807, 2.05) is 48.5 Å². The first kappa shape index (κ1) is 74.5. The molecular weight excluding hydrogens is 1520 g/mol. The number of aromatic nitrogens is 6. The van der Waals surface area contributed by atoms with Gasteiger partial charge in [-0.25, -0.2) is 29.9 Å². The number of rotatable bonds is 15. The van der Waals surface area contributed by atoms with Crippen LogP contribution in [0, 0.1) is 0 Å². The third kappa shape index (κ3) is 14.7. The van der Waals surface area contributed by atoms with Gasteiger partial charge in [0.2, 0.25) is 0 Å². The summed E-state index contributed by atoms with van der Waals surface area (Å²) in [6, 6.07) is 162. The van der Waals surface area contributed by atoms with Crippen molar-refractivity contribution in [1.29, 1.82) is 0 Å². The predicted molar refractivity (Wildman–Crippen MR) is 518 cm³/mol. The fraction of sp³-hybridized carbons (Fsp3) is 0.